The topological polar surface area (TPSA) is 128 Å². The number of nitro groups is 2. The molecule has 0 aliphatic rings. The molecule has 180 valence electrons. The van der Waals surface area contributed by atoms with Crippen LogP contribution in [0.4, 0.5) is 36.3 Å². The van der Waals surface area contributed by atoms with Gasteiger partial charge in [-0.3, -0.25) is 25.1 Å². The van der Waals surface area contributed by atoms with Crippen molar-refractivity contribution in [2.75, 3.05) is 24.3 Å². The summed E-state index contributed by atoms with van der Waals surface area (Å²) in [6, 6.07) is 4.11. The van der Waals surface area contributed by atoms with Crippen LogP contribution in [-0.4, -0.2) is 35.6 Å². The molecule has 0 heterocycles. The van der Waals surface area contributed by atoms with E-state index in [-0.39, 0.29) is 26.0 Å². The Morgan fingerprint density at radius 3 is 1.88 bits per heavy atom. The molecular weight excluding hydrogens is 578 g/mol. The van der Waals surface area contributed by atoms with Gasteiger partial charge in [0, 0.05) is 38.4 Å². The van der Waals surface area contributed by atoms with Gasteiger partial charge >= 0.3 is 6.09 Å². The van der Waals surface area contributed by atoms with Crippen LogP contribution in [0.25, 0.3) is 0 Å². The summed E-state index contributed by atoms with van der Waals surface area (Å²) < 4.78 is 31.6. The monoisotopic (exact) mass is 596 g/mol. The van der Waals surface area contributed by atoms with Crippen molar-refractivity contribution in [1.29, 1.82) is 0 Å². The normalized spacial score (nSPS) is 10.6. The van der Waals surface area contributed by atoms with Gasteiger partial charge in [0.25, 0.3) is 11.4 Å². The minimum atomic E-state index is -0.803. The van der Waals surface area contributed by atoms with Gasteiger partial charge in [0.05, 0.1) is 18.8 Å². The molecule has 2 rings (SSSR count). The van der Waals surface area contributed by atoms with Crippen molar-refractivity contribution < 1.29 is 28.2 Å². The number of carbonyl (C=O) groups excluding carboxylic acids is 1. The summed E-state index contributed by atoms with van der Waals surface area (Å²) in [7, 11) is 2.78. The number of carbonyl (C=O) groups is 1. The van der Waals surface area contributed by atoms with Crippen LogP contribution in [0.2, 0.25) is 0 Å². The van der Waals surface area contributed by atoms with E-state index in [0.29, 0.717) is 0 Å². The van der Waals surface area contributed by atoms with E-state index < -0.39 is 38.9 Å². The molecule has 10 nitrogen and oxygen atoms in total. The van der Waals surface area contributed by atoms with Crippen LogP contribution in [0.1, 0.15) is 20.8 Å². The van der Waals surface area contributed by atoms with Crippen molar-refractivity contribution in [2.45, 2.75) is 26.4 Å². The summed E-state index contributed by atoms with van der Waals surface area (Å²) in [5.74, 6) is -1.24. The van der Waals surface area contributed by atoms with E-state index in [1.807, 2.05) is 0 Å². The predicted molar refractivity (Wildman–Crippen MR) is 126 cm³/mol. The number of nitro benzene ring substituents is 2. The minimum Gasteiger partial charge on any atom is -0.443 e. The van der Waals surface area contributed by atoms with E-state index in [0.717, 1.165) is 29.2 Å². The van der Waals surface area contributed by atoms with Crippen LogP contribution >= 0.6 is 31.9 Å². The molecule has 0 bridgehead atoms. The maximum atomic E-state index is 13.5. The van der Waals surface area contributed by atoms with Crippen molar-refractivity contribution in [3.8, 4) is 0 Å². The second-order valence-electron chi connectivity index (χ2n) is 7.34. The molecule has 33 heavy (non-hydrogen) atoms. The third kappa shape index (κ3) is 7.89. The highest BCUT2D eigenvalue weighted by Gasteiger charge is 2.27. The lowest BCUT2D eigenvalue weighted by Gasteiger charge is -2.24. The summed E-state index contributed by atoms with van der Waals surface area (Å²) in [5.41, 5.74) is -1.33. The minimum absolute atomic E-state index is 0.0504. The number of nitrogens with one attached hydrogen (secondary N) is 1. The lowest BCUT2D eigenvalue weighted by molar-refractivity contribution is -0.384. The van der Waals surface area contributed by atoms with Crippen molar-refractivity contribution >= 4 is 60.7 Å². The van der Waals surface area contributed by atoms with Crippen LogP contribution in [-0.2, 0) is 4.74 Å². The van der Waals surface area contributed by atoms with Gasteiger partial charge in [0.1, 0.15) is 28.6 Å². The van der Waals surface area contributed by atoms with E-state index in [1.54, 1.807) is 20.8 Å². The lowest BCUT2D eigenvalue weighted by atomic mass is 10.2. The Hall–Kier alpha value is -2.87. The first kappa shape index (κ1) is 28.2. The van der Waals surface area contributed by atoms with E-state index in [9.17, 15) is 33.8 Å². The zero-order valence-corrected chi connectivity index (χ0v) is 21.3. The number of nitrogens with zero attached hydrogens (tertiary/aromatic N) is 3. The van der Waals surface area contributed by atoms with Crippen LogP contribution < -0.4 is 10.2 Å². The molecule has 1 N–H and O–H groups in total. The Labute approximate surface area is 204 Å². The van der Waals surface area contributed by atoms with E-state index in [1.165, 1.54) is 14.1 Å². The number of amides is 1. The fraction of sp³-hybridized carbons (Fsp3) is 0.316. The number of halogens is 4. The van der Waals surface area contributed by atoms with Crippen LogP contribution in [0.5, 0.6) is 0 Å². The third-order valence-corrected chi connectivity index (χ3v) is 4.96. The highest BCUT2D eigenvalue weighted by atomic mass is 79.9. The van der Waals surface area contributed by atoms with Gasteiger partial charge in [0.15, 0.2) is 0 Å². The molecule has 0 atom stereocenters. The predicted octanol–water partition coefficient (Wildman–Crippen LogP) is 6.41. The quantitative estimate of drug-likeness (QED) is 0.319. The van der Waals surface area contributed by atoms with Gasteiger partial charge in [-0.1, -0.05) is 0 Å². The maximum Gasteiger partial charge on any atom is 0.414 e. The van der Waals surface area contributed by atoms with Crippen molar-refractivity contribution in [1.82, 2.24) is 0 Å². The molecule has 0 spiro atoms. The number of hydrogen-bond acceptors (Lipinski definition) is 7. The first-order valence-corrected chi connectivity index (χ1v) is 10.6. The second kappa shape index (κ2) is 11.3. The van der Waals surface area contributed by atoms with Crippen LogP contribution in [0.3, 0.4) is 0 Å². The molecule has 2 aromatic rings. The third-order valence-electron chi connectivity index (χ3n) is 3.75. The van der Waals surface area contributed by atoms with Crippen molar-refractivity contribution in [3.05, 3.63) is 65.1 Å². The average Bonchev–Trinajstić information content (AvgIpc) is 2.69. The first-order chi connectivity index (χ1) is 15.1. The van der Waals surface area contributed by atoms with Crippen molar-refractivity contribution in [3.63, 3.8) is 0 Å². The van der Waals surface area contributed by atoms with Crippen molar-refractivity contribution in [2.24, 2.45) is 0 Å². The van der Waals surface area contributed by atoms with Gasteiger partial charge < -0.3 is 10.1 Å². The Kier molecular flexibility index (Phi) is 9.66. The molecule has 0 saturated carbocycles. The van der Waals surface area contributed by atoms with Gasteiger partial charge in [-0.25, -0.2) is 13.6 Å². The maximum absolute atomic E-state index is 13.5. The fourth-order valence-electron chi connectivity index (χ4n) is 2.26. The Bertz CT molecular complexity index is 1080. The lowest BCUT2D eigenvalue weighted by Crippen LogP contribution is -2.34. The average molecular weight is 598 g/mol. The van der Waals surface area contributed by atoms with Gasteiger partial charge in [-0.2, -0.15) is 0 Å². The number of anilines is 2. The highest BCUT2D eigenvalue weighted by molar-refractivity contribution is 9.10. The number of ether oxygens (including phenoxy) is 1. The number of benzene rings is 2. The number of hydrogen-bond donors (Lipinski definition) is 1. The highest BCUT2D eigenvalue weighted by Crippen LogP contribution is 2.33. The fourth-order valence-corrected chi connectivity index (χ4v) is 2.92. The van der Waals surface area contributed by atoms with E-state index >= 15 is 0 Å². The Balaban J connectivity index is 0.000000361. The zero-order valence-electron chi connectivity index (χ0n) is 18.1. The van der Waals surface area contributed by atoms with E-state index in [2.05, 4.69) is 37.2 Å². The summed E-state index contributed by atoms with van der Waals surface area (Å²) in [6.45, 7) is 4.99. The van der Waals surface area contributed by atoms with Gasteiger partial charge in [-0.15, -0.1) is 0 Å². The second-order valence-corrected chi connectivity index (χ2v) is 9.05. The summed E-state index contributed by atoms with van der Waals surface area (Å²) >= 11 is 5.74. The molecule has 1 amide bonds. The van der Waals surface area contributed by atoms with Crippen LogP contribution in [0, 0.1) is 31.9 Å². The largest absolute Gasteiger partial charge is 0.443 e. The zero-order chi connectivity index (χ0) is 25.7. The molecule has 0 aromatic heterocycles. The molecule has 0 aliphatic heterocycles. The molecule has 2 aromatic carbocycles. The SMILES string of the molecule is CN(C(=O)OC(C)(C)C)c1cc(F)c(Br)cc1[N+](=O)[O-].CNc1cc(F)c(Br)cc1[N+](=O)[O-]. The Morgan fingerprint density at radius 1 is 1.00 bits per heavy atom. The molecular formula is C19H20Br2F2N4O6. The standard InChI is InChI=1S/C12H14BrFN2O4.C7H6BrFN2O2/c1-12(2,3)20-11(17)15(4)9-6-8(14)7(13)5-10(9)16(18)19;1-10-6-3-5(9)4(8)2-7(6)11(12)13/h5-6H,1-4H3;2-3,10H,1H3. The molecule has 0 aliphatic carbocycles. The molecule has 0 saturated heterocycles. The van der Waals surface area contributed by atoms with Gasteiger partial charge in [0.2, 0.25) is 0 Å². The number of rotatable bonds is 4. The molecule has 14 heteroatoms. The van der Waals surface area contributed by atoms with E-state index in [4.69, 9.17) is 4.74 Å². The summed E-state index contributed by atoms with van der Waals surface area (Å²) in [4.78, 5) is 33.0. The summed E-state index contributed by atoms with van der Waals surface area (Å²) in [6.07, 6.45) is -0.803. The van der Waals surface area contributed by atoms with Gasteiger partial charge in [-0.05, 0) is 52.6 Å². The smallest absolute Gasteiger partial charge is 0.414 e. The molecule has 0 fully saturated rings. The molecule has 0 radical (unpaired) electrons. The summed E-state index contributed by atoms with van der Waals surface area (Å²) in [5, 5.41) is 24.0. The molecule has 0 unspecified atom stereocenters. The Morgan fingerprint density at radius 2 is 1.45 bits per heavy atom. The first-order valence-electron chi connectivity index (χ1n) is 9.00. The van der Waals surface area contributed by atoms with Crippen LogP contribution in [0.15, 0.2) is 33.2 Å².